The predicted molar refractivity (Wildman–Crippen MR) is 137 cm³/mol. The van der Waals surface area contributed by atoms with E-state index in [4.69, 9.17) is 12.2 Å². The van der Waals surface area contributed by atoms with Crippen LogP contribution in [-0.4, -0.2) is 58.9 Å². The molecular weight excluding hydrogens is 453 g/mol. The number of nitrogens with one attached hydrogen (secondary N) is 2. The molecule has 2 aliphatic heterocycles. The fourth-order valence-corrected chi connectivity index (χ4v) is 4.62. The highest BCUT2D eigenvalue weighted by molar-refractivity contribution is 7.80. The SMILES string of the molecule is O=C(CN1CCCC[C@@H](NC(=S)Nc2cccc(C(P)(P)P)c2)C1=O)N1CCCC1. The van der Waals surface area contributed by atoms with Crippen molar-refractivity contribution in [2.24, 2.45) is 0 Å². The van der Waals surface area contributed by atoms with Gasteiger partial charge in [0, 0.05) is 30.0 Å². The molecule has 164 valence electrons. The third kappa shape index (κ3) is 6.57. The van der Waals surface area contributed by atoms with Crippen molar-refractivity contribution in [3.8, 4) is 0 Å². The number of carbonyl (C=O) groups is 2. The van der Waals surface area contributed by atoms with E-state index in [2.05, 4.69) is 38.4 Å². The van der Waals surface area contributed by atoms with Crippen molar-refractivity contribution in [1.29, 1.82) is 0 Å². The van der Waals surface area contributed by atoms with Crippen molar-refractivity contribution in [3.63, 3.8) is 0 Å². The van der Waals surface area contributed by atoms with Gasteiger partial charge in [-0.05, 0) is 62.0 Å². The second-order valence-electron chi connectivity index (χ2n) is 8.01. The zero-order valence-corrected chi connectivity index (χ0v) is 21.4. The lowest BCUT2D eigenvalue weighted by molar-refractivity contribution is -0.140. The van der Waals surface area contributed by atoms with Crippen LogP contribution in [0.3, 0.4) is 0 Å². The van der Waals surface area contributed by atoms with E-state index in [0.29, 0.717) is 18.1 Å². The molecule has 0 aliphatic carbocycles. The average Bonchev–Trinajstić information content (AvgIpc) is 3.18. The van der Waals surface area contributed by atoms with E-state index < -0.39 is 6.04 Å². The minimum absolute atomic E-state index is 0.0446. The summed E-state index contributed by atoms with van der Waals surface area (Å²) in [5.41, 5.74) is 1.97. The number of hydrogen-bond donors (Lipinski definition) is 2. The van der Waals surface area contributed by atoms with Crippen LogP contribution in [0, 0.1) is 0 Å². The van der Waals surface area contributed by atoms with Crippen molar-refractivity contribution < 1.29 is 9.59 Å². The van der Waals surface area contributed by atoms with Gasteiger partial charge in [-0.25, -0.2) is 0 Å². The number of thiocarbonyl (C=S) groups is 1. The Morgan fingerprint density at radius 2 is 1.83 bits per heavy atom. The highest BCUT2D eigenvalue weighted by atomic mass is 32.1. The molecule has 0 saturated carbocycles. The first-order chi connectivity index (χ1) is 14.2. The molecule has 0 bridgehead atoms. The second kappa shape index (κ2) is 10.6. The van der Waals surface area contributed by atoms with Gasteiger partial charge in [-0.15, -0.1) is 27.7 Å². The van der Waals surface area contributed by atoms with Gasteiger partial charge in [-0.3, -0.25) is 9.59 Å². The molecule has 3 rings (SSSR count). The normalized spacial score (nSPS) is 20.1. The Hall–Kier alpha value is -0.860. The van der Waals surface area contributed by atoms with Gasteiger partial charge in [-0.2, -0.15) is 0 Å². The zero-order chi connectivity index (χ0) is 21.7. The molecule has 0 aromatic heterocycles. The Balaban J connectivity index is 1.59. The van der Waals surface area contributed by atoms with E-state index in [1.54, 1.807) is 4.90 Å². The van der Waals surface area contributed by atoms with Crippen LogP contribution in [0.15, 0.2) is 24.3 Å². The van der Waals surface area contributed by atoms with Gasteiger partial charge in [0.05, 0.1) is 6.54 Å². The van der Waals surface area contributed by atoms with E-state index in [1.807, 2.05) is 29.2 Å². The number of nitrogens with zero attached hydrogens (tertiary/aromatic N) is 2. The maximum absolute atomic E-state index is 13.1. The Kier molecular flexibility index (Phi) is 8.44. The molecular formula is C20H31N4O2P3S. The number of carbonyl (C=O) groups excluding carboxylic acids is 2. The fourth-order valence-electron chi connectivity index (χ4n) is 3.82. The van der Waals surface area contributed by atoms with E-state index >= 15 is 0 Å². The van der Waals surface area contributed by atoms with Crippen molar-refractivity contribution in [2.45, 2.75) is 42.8 Å². The molecule has 1 aromatic carbocycles. The number of likely N-dealkylation sites (tertiary alicyclic amines) is 2. The minimum Gasteiger partial charge on any atom is -0.351 e. The maximum Gasteiger partial charge on any atom is 0.245 e. The van der Waals surface area contributed by atoms with Crippen LogP contribution < -0.4 is 10.6 Å². The second-order valence-corrected chi connectivity index (χ2v) is 13.3. The van der Waals surface area contributed by atoms with Crippen LogP contribution in [0.25, 0.3) is 0 Å². The maximum atomic E-state index is 13.1. The van der Waals surface area contributed by atoms with Gasteiger partial charge in [0.2, 0.25) is 11.8 Å². The molecule has 2 saturated heterocycles. The van der Waals surface area contributed by atoms with E-state index in [0.717, 1.165) is 50.0 Å². The fraction of sp³-hybridized carbons (Fsp3) is 0.550. The lowest BCUT2D eigenvalue weighted by Gasteiger charge is -2.27. The zero-order valence-electron chi connectivity index (χ0n) is 17.1. The number of anilines is 1. The van der Waals surface area contributed by atoms with Crippen LogP contribution in [0.4, 0.5) is 5.69 Å². The summed E-state index contributed by atoms with van der Waals surface area (Å²) >= 11 is 5.48. The Morgan fingerprint density at radius 1 is 1.13 bits per heavy atom. The van der Waals surface area contributed by atoms with E-state index in [9.17, 15) is 9.59 Å². The molecule has 1 aromatic rings. The third-order valence-corrected chi connectivity index (χ3v) is 6.71. The lowest BCUT2D eigenvalue weighted by Crippen LogP contribution is -2.51. The molecule has 2 heterocycles. The topological polar surface area (TPSA) is 64.7 Å². The summed E-state index contributed by atoms with van der Waals surface area (Å²) in [6.07, 6.45) is 4.64. The smallest absolute Gasteiger partial charge is 0.245 e. The Bertz CT molecular complexity index is 797. The van der Waals surface area contributed by atoms with Crippen LogP contribution in [-0.2, 0) is 14.2 Å². The highest BCUT2D eigenvalue weighted by Gasteiger charge is 2.30. The number of hydrogen-bond acceptors (Lipinski definition) is 3. The van der Waals surface area contributed by atoms with Crippen LogP contribution in [0.1, 0.15) is 37.7 Å². The molecule has 2 aliphatic rings. The molecule has 2 fully saturated rings. The minimum atomic E-state index is -0.411. The summed E-state index contributed by atoms with van der Waals surface area (Å²) in [4.78, 5) is 29.1. The lowest BCUT2D eigenvalue weighted by atomic mass is 10.1. The van der Waals surface area contributed by atoms with Crippen LogP contribution >= 0.6 is 39.9 Å². The van der Waals surface area contributed by atoms with Gasteiger partial charge in [0.1, 0.15) is 6.04 Å². The standard InChI is InChI=1S/C20H31N4O2P3S/c25-17(23-9-3-4-10-23)13-24-11-2-1-8-16(18(24)26)22-19(30)21-15-7-5-6-14(12-15)20(27,28)29/h5-7,12,16H,1-4,8-11,13,27-29H2,(H2,21,22,30)/t16-/m1/s1. The van der Waals surface area contributed by atoms with Gasteiger partial charge in [-0.1, -0.05) is 12.1 Å². The summed E-state index contributed by atoms with van der Waals surface area (Å²) in [5.74, 6) is 0.00615. The third-order valence-electron chi connectivity index (χ3n) is 5.49. The van der Waals surface area contributed by atoms with Gasteiger partial charge >= 0.3 is 0 Å². The number of rotatable bonds is 5. The molecule has 6 nitrogen and oxygen atoms in total. The Labute approximate surface area is 191 Å². The highest BCUT2D eigenvalue weighted by Crippen LogP contribution is 2.45. The molecule has 0 spiro atoms. The van der Waals surface area contributed by atoms with Gasteiger partial charge in [0.25, 0.3) is 0 Å². The number of amides is 2. The summed E-state index contributed by atoms with van der Waals surface area (Å²) in [6.45, 7) is 2.40. The molecule has 3 unspecified atom stereocenters. The molecule has 4 atom stereocenters. The molecule has 30 heavy (non-hydrogen) atoms. The first-order valence-electron chi connectivity index (χ1n) is 10.4. The molecule has 2 N–H and O–H groups in total. The summed E-state index contributed by atoms with van der Waals surface area (Å²) in [5, 5.41) is 6.78. The largest absolute Gasteiger partial charge is 0.351 e. The van der Waals surface area contributed by atoms with Crippen molar-refractivity contribution in [2.75, 3.05) is 31.5 Å². The first kappa shape index (κ1) is 23.8. The quantitative estimate of drug-likeness (QED) is 0.497. The van der Waals surface area contributed by atoms with Crippen molar-refractivity contribution in [3.05, 3.63) is 29.8 Å². The monoisotopic (exact) mass is 484 g/mol. The Morgan fingerprint density at radius 3 is 2.53 bits per heavy atom. The number of benzene rings is 1. The van der Waals surface area contributed by atoms with Crippen molar-refractivity contribution >= 4 is 62.6 Å². The van der Waals surface area contributed by atoms with Crippen molar-refractivity contribution in [1.82, 2.24) is 15.1 Å². The first-order valence-corrected chi connectivity index (χ1v) is 12.5. The molecule has 0 radical (unpaired) electrons. The average molecular weight is 484 g/mol. The molecule has 10 heteroatoms. The van der Waals surface area contributed by atoms with Gasteiger partial charge in [0.15, 0.2) is 5.11 Å². The molecule has 2 amide bonds. The van der Waals surface area contributed by atoms with Crippen LogP contribution in [0.2, 0.25) is 0 Å². The van der Waals surface area contributed by atoms with E-state index in [-0.39, 0.29) is 23.0 Å². The van der Waals surface area contributed by atoms with E-state index in [1.165, 1.54) is 0 Å². The predicted octanol–water partition coefficient (Wildman–Crippen LogP) is 2.71. The van der Waals surface area contributed by atoms with Gasteiger partial charge < -0.3 is 20.4 Å². The summed E-state index contributed by atoms with van der Waals surface area (Å²) < 4.78 is -0.202. The summed E-state index contributed by atoms with van der Waals surface area (Å²) in [7, 11) is 8.30. The van der Waals surface area contributed by atoms with Crippen LogP contribution in [0.5, 0.6) is 0 Å². The summed E-state index contributed by atoms with van der Waals surface area (Å²) in [6, 6.07) is 7.57.